The minimum atomic E-state index is -4.00. The summed E-state index contributed by atoms with van der Waals surface area (Å²) in [5, 5.41) is 0. The summed E-state index contributed by atoms with van der Waals surface area (Å²) < 4.78 is 31.0. The molecule has 1 atom stereocenters. The molecule has 0 aromatic heterocycles. The van der Waals surface area contributed by atoms with E-state index in [9.17, 15) is 13.2 Å². The van der Waals surface area contributed by atoms with Crippen molar-refractivity contribution in [2.45, 2.75) is 13.0 Å². The lowest BCUT2D eigenvalue weighted by Gasteiger charge is -2.11. The van der Waals surface area contributed by atoms with Crippen LogP contribution >= 0.6 is 0 Å². The first kappa shape index (κ1) is 14.3. The molecule has 0 bridgehead atoms. The minimum Gasteiger partial charge on any atom is -0.452 e. The molecule has 0 radical (unpaired) electrons. The number of rotatable bonds is 4. The van der Waals surface area contributed by atoms with Crippen molar-refractivity contribution in [2.24, 2.45) is 5.73 Å². The van der Waals surface area contributed by atoms with Crippen molar-refractivity contribution < 1.29 is 17.9 Å². The molecule has 8 heteroatoms. The van der Waals surface area contributed by atoms with E-state index in [-0.39, 0.29) is 6.04 Å². The van der Waals surface area contributed by atoms with E-state index in [0.29, 0.717) is 5.69 Å². The Morgan fingerprint density at radius 3 is 2.67 bits per heavy atom. The summed E-state index contributed by atoms with van der Waals surface area (Å²) in [6, 6.07) is 6.34. The van der Waals surface area contributed by atoms with Gasteiger partial charge in [-0.1, -0.05) is 12.1 Å². The molecule has 4 N–H and O–H groups in total. The molecule has 100 valence electrons. The lowest BCUT2D eigenvalue weighted by atomic mass is 10.1. The van der Waals surface area contributed by atoms with E-state index in [1.165, 1.54) is 0 Å². The highest BCUT2D eigenvalue weighted by atomic mass is 32.2. The summed E-state index contributed by atoms with van der Waals surface area (Å²) in [6.45, 7) is 1.78. The van der Waals surface area contributed by atoms with Gasteiger partial charge in [0, 0.05) is 6.04 Å². The van der Waals surface area contributed by atoms with Gasteiger partial charge in [0.15, 0.2) is 0 Å². The van der Waals surface area contributed by atoms with Crippen LogP contribution in [0.15, 0.2) is 24.3 Å². The third kappa shape index (κ3) is 4.22. The number of hydrogen-bond donors (Lipinski definition) is 3. The van der Waals surface area contributed by atoms with Crippen molar-refractivity contribution in [2.75, 3.05) is 11.8 Å². The maximum atomic E-state index is 11.5. The predicted molar refractivity (Wildman–Crippen MR) is 67.1 cm³/mol. The summed E-state index contributed by atoms with van der Waals surface area (Å²) in [4.78, 5) is 10.8. The van der Waals surface area contributed by atoms with Gasteiger partial charge < -0.3 is 10.5 Å². The quantitative estimate of drug-likeness (QED) is 0.748. The van der Waals surface area contributed by atoms with Crippen LogP contribution in [0.4, 0.5) is 10.5 Å². The van der Waals surface area contributed by atoms with Gasteiger partial charge in [-0.3, -0.25) is 4.72 Å². The average molecular weight is 273 g/mol. The van der Waals surface area contributed by atoms with Crippen LogP contribution in [0.1, 0.15) is 18.5 Å². The number of nitrogens with one attached hydrogen (secondary N) is 2. The predicted octanol–water partition coefficient (Wildman–Crippen LogP) is 0.719. The van der Waals surface area contributed by atoms with Crippen molar-refractivity contribution in [3.05, 3.63) is 29.8 Å². The number of amides is 1. The summed E-state index contributed by atoms with van der Waals surface area (Å²) in [6.07, 6.45) is -1.06. The number of hydrogen-bond acceptors (Lipinski definition) is 5. The van der Waals surface area contributed by atoms with Crippen molar-refractivity contribution in [1.82, 2.24) is 4.72 Å². The maximum Gasteiger partial charge on any atom is 0.422 e. The normalized spacial score (nSPS) is 12.6. The molecule has 1 amide bonds. The summed E-state index contributed by atoms with van der Waals surface area (Å²) >= 11 is 0. The van der Waals surface area contributed by atoms with Crippen LogP contribution in [0.5, 0.6) is 0 Å². The number of methoxy groups -OCH3 is 1. The molecule has 1 aromatic carbocycles. The second-order valence-corrected chi connectivity index (χ2v) is 5.03. The van der Waals surface area contributed by atoms with E-state index in [2.05, 4.69) is 9.46 Å². The molecule has 1 aromatic rings. The van der Waals surface area contributed by atoms with E-state index >= 15 is 0 Å². The minimum absolute atomic E-state index is 0.219. The summed E-state index contributed by atoms with van der Waals surface area (Å²) in [7, 11) is -2.93. The Balaban J connectivity index is 2.84. The third-order valence-corrected chi connectivity index (χ3v) is 3.01. The zero-order valence-electron chi connectivity index (χ0n) is 10.0. The van der Waals surface area contributed by atoms with E-state index in [4.69, 9.17) is 5.73 Å². The number of carbonyl (C=O) groups is 1. The molecule has 1 rings (SSSR count). The average Bonchev–Trinajstić information content (AvgIpc) is 2.27. The highest BCUT2D eigenvalue weighted by molar-refractivity contribution is 7.91. The molecule has 0 saturated heterocycles. The summed E-state index contributed by atoms with van der Waals surface area (Å²) in [5.41, 5.74) is 6.76. The fraction of sp³-hybridized carbons (Fsp3) is 0.300. The first-order valence-corrected chi connectivity index (χ1v) is 6.56. The fourth-order valence-electron chi connectivity index (χ4n) is 1.22. The molecule has 0 aliphatic heterocycles. The molecule has 0 spiro atoms. The molecular formula is C10H15N3O4S. The number of nitrogens with two attached hydrogens (primary N) is 1. The molecule has 0 aliphatic carbocycles. The van der Waals surface area contributed by atoms with Crippen LogP contribution in [0.25, 0.3) is 0 Å². The van der Waals surface area contributed by atoms with Gasteiger partial charge in [0.05, 0.1) is 12.8 Å². The van der Waals surface area contributed by atoms with Crippen LogP contribution in [-0.2, 0) is 14.9 Å². The van der Waals surface area contributed by atoms with E-state index in [1.54, 1.807) is 35.9 Å². The maximum absolute atomic E-state index is 11.5. The molecule has 0 saturated carbocycles. The first-order chi connectivity index (χ1) is 8.34. The number of anilines is 1. The van der Waals surface area contributed by atoms with Crippen LogP contribution in [0.3, 0.4) is 0 Å². The van der Waals surface area contributed by atoms with Crippen LogP contribution in [0, 0.1) is 0 Å². The van der Waals surface area contributed by atoms with E-state index < -0.39 is 16.3 Å². The molecule has 1 unspecified atom stereocenters. The Hall–Kier alpha value is -1.80. The van der Waals surface area contributed by atoms with Crippen molar-refractivity contribution in [3.8, 4) is 0 Å². The van der Waals surface area contributed by atoms with Gasteiger partial charge in [-0.05, 0) is 24.6 Å². The van der Waals surface area contributed by atoms with Gasteiger partial charge >= 0.3 is 16.3 Å². The van der Waals surface area contributed by atoms with E-state index in [1.807, 2.05) is 0 Å². The molecule has 7 nitrogen and oxygen atoms in total. The van der Waals surface area contributed by atoms with E-state index in [0.717, 1.165) is 12.7 Å². The molecular weight excluding hydrogens is 258 g/mol. The molecule has 18 heavy (non-hydrogen) atoms. The second kappa shape index (κ2) is 5.69. The Kier molecular flexibility index (Phi) is 4.51. The van der Waals surface area contributed by atoms with Gasteiger partial charge in [-0.2, -0.15) is 8.42 Å². The summed E-state index contributed by atoms with van der Waals surface area (Å²) in [5.74, 6) is 0. The van der Waals surface area contributed by atoms with Gasteiger partial charge in [-0.25, -0.2) is 9.52 Å². The fourth-order valence-corrected chi connectivity index (χ4v) is 2.01. The SMILES string of the molecule is COC(=O)NS(=O)(=O)Nc1cccc(C(C)N)c1. The topological polar surface area (TPSA) is 111 Å². The van der Waals surface area contributed by atoms with Crippen LogP contribution in [0.2, 0.25) is 0 Å². The lowest BCUT2D eigenvalue weighted by molar-refractivity contribution is 0.177. The Bertz CT molecular complexity index is 528. The number of benzene rings is 1. The van der Waals surface area contributed by atoms with Crippen molar-refractivity contribution in [1.29, 1.82) is 0 Å². The van der Waals surface area contributed by atoms with Crippen molar-refractivity contribution in [3.63, 3.8) is 0 Å². The smallest absolute Gasteiger partial charge is 0.422 e. The Morgan fingerprint density at radius 2 is 2.11 bits per heavy atom. The zero-order chi connectivity index (χ0) is 13.8. The standard InChI is InChI=1S/C10H15N3O4S/c1-7(11)8-4-3-5-9(6-8)12-18(15,16)13-10(14)17-2/h3-7,12H,11H2,1-2H3,(H,13,14). The monoisotopic (exact) mass is 273 g/mol. The lowest BCUT2D eigenvalue weighted by Crippen LogP contribution is -2.35. The van der Waals surface area contributed by atoms with Gasteiger partial charge in [-0.15, -0.1) is 0 Å². The molecule has 0 aliphatic rings. The zero-order valence-corrected chi connectivity index (χ0v) is 10.8. The Morgan fingerprint density at radius 1 is 1.44 bits per heavy atom. The van der Waals surface area contributed by atoms with Gasteiger partial charge in [0.1, 0.15) is 0 Å². The third-order valence-electron chi connectivity index (χ3n) is 2.07. The number of carbonyl (C=O) groups excluding carboxylic acids is 1. The van der Waals surface area contributed by atoms with Crippen LogP contribution < -0.4 is 15.2 Å². The highest BCUT2D eigenvalue weighted by Gasteiger charge is 2.14. The highest BCUT2D eigenvalue weighted by Crippen LogP contribution is 2.16. The van der Waals surface area contributed by atoms with Crippen LogP contribution in [-0.4, -0.2) is 21.6 Å². The first-order valence-electron chi connectivity index (χ1n) is 5.08. The molecule has 0 fully saturated rings. The second-order valence-electron chi connectivity index (χ2n) is 3.61. The van der Waals surface area contributed by atoms with Gasteiger partial charge in [0.2, 0.25) is 0 Å². The number of ether oxygens (including phenoxy) is 1. The van der Waals surface area contributed by atoms with Gasteiger partial charge in [0.25, 0.3) is 0 Å². The van der Waals surface area contributed by atoms with Crippen molar-refractivity contribution >= 4 is 22.0 Å². The molecule has 0 heterocycles. The Labute approximate surface area is 106 Å². The largest absolute Gasteiger partial charge is 0.452 e.